The fourth-order valence-corrected chi connectivity index (χ4v) is 1.84. The molecule has 0 aliphatic rings. The highest BCUT2D eigenvalue weighted by Crippen LogP contribution is 2.22. The molecule has 21 heavy (non-hydrogen) atoms. The number of anilines is 1. The summed E-state index contributed by atoms with van der Waals surface area (Å²) in [6.07, 6.45) is 2.94. The molecule has 0 aliphatic heterocycles. The Hall–Kier alpha value is -2.33. The van der Waals surface area contributed by atoms with Gasteiger partial charge in [0.15, 0.2) is 5.82 Å². The average Bonchev–Trinajstić information content (AvgIpc) is 2.50. The Kier molecular flexibility index (Phi) is 4.95. The third kappa shape index (κ3) is 4.07. The second-order valence-electron chi connectivity index (χ2n) is 4.20. The molecular weight excluding hydrogens is 293 g/mol. The monoisotopic (exact) mass is 305 g/mol. The van der Waals surface area contributed by atoms with Crippen molar-refractivity contribution in [1.29, 1.82) is 0 Å². The number of carbonyl (C=O) groups is 1. The van der Waals surface area contributed by atoms with Crippen molar-refractivity contribution in [1.82, 2.24) is 0 Å². The third-order valence-electron chi connectivity index (χ3n) is 2.75. The molecule has 0 spiro atoms. The minimum Gasteiger partial charge on any atom is -0.497 e. The van der Waals surface area contributed by atoms with Crippen LogP contribution in [0.5, 0.6) is 5.75 Å². The first-order chi connectivity index (χ1) is 10.1. The van der Waals surface area contributed by atoms with Crippen LogP contribution in [0.25, 0.3) is 6.08 Å². The lowest BCUT2D eigenvalue weighted by atomic mass is 10.2. The summed E-state index contributed by atoms with van der Waals surface area (Å²) in [5.74, 6) is -0.352. The van der Waals surface area contributed by atoms with E-state index in [1.165, 1.54) is 18.2 Å². The Morgan fingerprint density at radius 3 is 2.62 bits per heavy atom. The van der Waals surface area contributed by atoms with Gasteiger partial charge in [-0.25, -0.2) is 4.39 Å². The number of hydrogen-bond donors (Lipinski definition) is 1. The first-order valence-corrected chi connectivity index (χ1v) is 6.55. The van der Waals surface area contributed by atoms with Crippen LogP contribution in [0.1, 0.15) is 5.56 Å². The number of benzene rings is 2. The fraction of sp³-hybridized carbons (Fsp3) is 0.0625. The summed E-state index contributed by atoms with van der Waals surface area (Å²) in [5.41, 5.74) is 0.879. The van der Waals surface area contributed by atoms with Crippen LogP contribution in [0.4, 0.5) is 10.1 Å². The first-order valence-electron chi connectivity index (χ1n) is 6.17. The van der Waals surface area contributed by atoms with Crippen LogP contribution in [0.15, 0.2) is 48.5 Å². The number of halogens is 2. The molecule has 2 aromatic carbocycles. The van der Waals surface area contributed by atoms with Crippen LogP contribution in [0.3, 0.4) is 0 Å². The molecule has 0 bridgehead atoms. The van der Waals surface area contributed by atoms with Gasteiger partial charge in [0.2, 0.25) is 5.91 Å². The van der Waals surface area contributed by atoms with Crippen molar-refractivity contribution in [3.8, 4) is 5.75 Å². The van der Waals surface area contributed by atoms with Gasteiger partial charge in [-0.05, 0) is 35.9 Å². The van der Waals surface area contributed by atoms with E-state index in [9.17, 15) is 9.18 Å². The van der Waals surface area contributed by atoms with E-state index in [1.54, 1.807) is 31.4 Å². The van der Waals surface area contributed by atoms with Gasteiger partial charge in [-0.2, -0.15) is 0 Å². The van der Waals surface area contributed by atoms with Crippen molar-refractivity contribution in [2.45, 2.75) is 0 Å². The Morgan fingerprint density at radius 1 is 1.24 bits per heavy atom. The zero-order valence-electron chi connectivity index (χ0n) is 11.3. The van der Waals surface area contributed by atoms with Gasteiger partial charge in [-0.3, -0.25) is 4.79 Å². The number of rotatable bonds is 4. The number of amides is 1. The van der Waals surface area contributed by atoms with Gasteiger partial charge in [0.1, 0.15) is 5.75 Å². The summed E-state index contributed by atoms with van der Waals surface area (Å²) in [5, 5.41) is 2.40. The molecule has 0 aliphatic carbocycles. The molecule has 0 unspecified atom stereocenters. The highest BCUT2D eigenvalue weighted by molar-refractivity contribution is 6.31. The number of nitrogens with one attached hydrogen (secondary N) is 1. The van der Waals surface area contributed by atoms with Crippen molar-refractivity contribution < 1.29 is 13.9 Å². The van der Waals surface area contributed by atoms with E-state index < -0.39 is 11.7 Å². The molecule has 0 radical (unpaired) electrons. The smallest absolute Gasteiger partial charge is 0.248 e. The van der Waals surface area contributed by atoms with E-state index in [2.05, 4.69) is 5.32 Å². The van der Waals surface area contributed by atoms with Gasteiger partial charge in [0.25, 0.3) is 0 Å². The average molecular weight is 306 g/mol. The predicted molar refractivity (Wildman–Crippen MR) is 82.1 cm³/mol. The Balaban J connectivity index is 2.03. The van der Waals surface area contributed by atoms with Gasteiger partial charge in [0.05, 0.1) is 17.8 Å². The maximum absolute atomic E-state index is 13.6. The van der Waals surface area contributed by atoms with E-state index in [0.29, 0.717) is 0 Å². The van der Waals surface area contributed by atoms with Gasteiger partial charge in [0, 0.05) is 6.08 Å². The maximum atomic E-state index is 13.6. The van der Waals surface area contributed by atoms with Crippen LogP contribution in [0, 0.1) is 5.82 Å². The second kappa shape index (κ2) is 6.90. The van der Waals surface area contributed by atoms with Crippen molar-refractivity contribution in [2.24, 2.45) is 0 Å². The van der Waals surface area contributed by atoms with E-state index in [1.807, 2.05) is 12.1 Å². The lowest BCUT2D eigenvalue weighted by molar-refractivity contribution is -0.111. The van der Waals surface area contributed by atoms with Crippen molar-refractivity contribution in [3.05, 3.63) is 64.9 Å². The summed E-state index contributed by atoms with van der Waals surface area (Å²) < 4.78 is 18.7. The minimum atomic E-state index is -0.648. The highest BCUT2D eigenvalue weighted by Gasteiger charge is 2.07. The molecule has 0 fully saturated rings. The largest absolute Gasteiger partial charge is 0.497 e. The molecule has 108 valence electrons. The van der Waals surface area contributed by atoms with Gasteiger partial charge < -0.3 is 10.1 Å². The molecule has 0 saturated heterocycles. The Labute approximate surface area is 127 Å². The van der Waals surface area contributed by atoms with E-state index in [-0.39, 0.29) is 10.7 Å². The number of ether oxygens (including phenoxy) is 1. The SMILES string of the molecule is COc1ccc(/C=C/C(=O)Nc2cccc(Cl)c2F)cc1. The standard InChI is InChI=1S/C16H13ClFNO2/c1-21-12-8-5-11(6-9-12)7-10-15(20)19-14-4-2-3-13(17)16(14)18/h2-10H,1H3,(H,19,20)/b10-7+. The van der Waals surface area contributed by atoms with Crippen LogP contribution >= 0.6 is 11.6 Å². The zero-order valence-corrected chi connectivity index (χ0v) is 12.0. The maximum Gasteiger partial charge on any atom is 0.248 e. The van der Waals surface area contributed by atoms with Crippen molar-refractivity contribution >= 4 is 29.3 Å². The van der Waals surface area contributed by atoms with Crippen molar-refractivity contribution in [2.75, 3.05) is 12.4 Å². The zero-order chi connectivity index (χ0) is 15.2. The first kappa shape index (κ1) is 15.1. The van der Waals surface area contributed by atoms with Crippen LogP contribution in [-0.4, -0.2) is 13.0 Å². The van der Waals surface area contributed by atoms with Gasteiger partial charge in [-0.15, -0.1) is 0 Å². The Morgan fingerprint density at radius 2 is 1.95 bits per heavy atom. The fourth-order valence-electron chi connectivity index (χ4n) is 1.66. The van der Waals surface area contributed by atoms with E-state index in [0.717, 1.165) is 11.3 Å². The molecule has 0 heterocycles. The summed E-state index contributed by atoms with van der Waals surface area (Å²) in [4.78, 5) is 11.7. The van der Waals surface area contributed by atoms with Crippen molar-refractivity contribution in [3.63, 3.8) is 0 Å². The summed E-state index contributed by atoms with van der Waals surface area (Å²) in [6.45, 7) is 0. The lowest BCUT2D eigenvalue weighted by Gasteiger charge is -2.04. The molecule has 2 aromatic rings. The van der Waals surface area contributed by atoms with Crippen LogP contribution in [-0.2, 0) is 4.79 Å². The molecule has 2 rings (SSSR count). The van der Waals surface area contributed by atoms with Crippen LogP contribution in [0.2, 0.25) is 5.02 Å². The highest BCUT2D eigenvalue weighted by atomic mass is 35.5. The molecule has 0 atom stereocenters. The normalized spacial score (nSPS) is 10.6. The quantitative estimate of drug-likeness (QED) is 0.862. The molecule has 1 amide bonds. The number of hydrogen-bond acceptors (Lipinski definition) is 2. The van der Waals surface area contributed by atoms with Gasteiger partial charge >= 0.3 is 0 Å². The molecule has 0 saturated carbocycles. The molecular formula is C16H13ClFNO2. The Bertz CT molecular complexity index is 668. The minimum absolute atomic E-state index is 0.0352. The number of methoxy groups -OCH3 is 1. The molecule has 1 N–H and O–H groups in total. The summed E-state index contributed by atoms with van der Waals surface area (Å²) in [7, 11) is 1.58. The predicted octanol–water partition coefficient (Wildman–Crippen LogP) is 4.14. The lowest BCUT2D eigenvalue weighted by Crippen LogP contribution is -2.09. The van der Waals surface area contributed by atoms with Crippen LogP contribution < -0.4 is 10.1 Å². The van der Waals surface area contributed by atoms with E-state index in [4.69, 9.17) is 16.3 Å². The number of carbonyl (C=O) groups excluding carboxylic acids is 1. The summed E-state index contributed by atoms with van der Waals surface area (Å²) in [6, 6.07) is 11.6. The van der Waals surface area contributed by atoms with E-state index >= 15 is 0 Å². The summed E-state index contributed by atoms with van der Waals surface area (Å²) >= 11 is 5.64. The van der Waals surface area contributed by atoms with Gasteiger partial charge in [-0.1, -0.05) is 29.8 Å². The molecule has 3 nitrogen and oxygen atoms in total. The molecule has 5 heteroatoms. The topological polar surface area (TPSA) is 38.3 Å². The second-order valence-corrected chi connectivity index (χ2v) is 4.60. The molecule has 0 aromatic heterocycles. The third-order valence-corrected chi connectivity index (χ3v) is 3.04.